The van der Waals surface area contributed by atoms with E-state index < -0.39 is 5.60 Å². The van der Waals surface area contributed by atoms with Gasteiger partial charge in [-0.05, 0) is 18.6 Å². The molecule has 6 heteroatoms. The standard InChI is InChI=1S/C16H17N5O/c22-16(12-21-10-8-18-19-21)6-9-20(11-16)15-5-7-17-14-4-2-1-3-13(14)15/h1-5,7-8,10,22H,6,9,11-12H2. The molecule has 1 aromatic carbocycles. The highest BCUT2D eigenvalue weighted by atomic mass is 16.3. The van der Waals surface area contributed by atoms with Crippen molar-refractivity contribution in [2.24, 2.45) is 0 Å². The lowest BCUT2D eigenvalue weighted by Gasteiger charge is -2.24. The fraction of sp³-hybridized carbons (Fsp3) is 0.312. The van der Waals surface area contributed by atoms with Crippen molar-refractivity contribution in [3.63, 3.8) is 0 Å². The molecule has 0 radical (unpaired) electrons. The highest BCUT2D eigenvalue weighted by molar-refractivity contribution is 5.91. The van der Waals surface area contributed by atoms with Crippen molar-refractivity contribution in [2.45, 2.75) is 18.6 Å². The van der Waals surface area contributed by atoms with Gasteiger partial charge in [0.1, 0.15) is 5.60 Å². The third-order valence-corrected chi connectivity index (χ3v) is 4.23. The van der Waals surface area contributed by atoms with Crippen molar-refractivity contribution >= 4 is 16.6 Å². The lowest BCUT2D eigenvalue weighted by Crippen LogP contribution is -2.37. The fourth-order valence-electron chi connectivity index (χ4n) is 3.17. The predicted molar refractivity (Wildman–Crippen MR) is 83.5 cm³/mol. The summed E-state index contributed by atoms with van der Waals surface area (Å²) in [6, 6.07) is 10.1. The number of rotatable bonds is 3. The molecule has 22 heavy (non-hydrogen) atoms. The van der Waals surface area contributed by atoms with Crippen LogP contribution >= 0.6 is 0 Å². The summed E-state index contributed by atoms with van der Waals surface area (Å²) in [4.78, 5) is 6.62. The van der Waals surface area contributed by atoms with Gasteiger partial charge in [0.25, 0.3) is 0 Å². The number of pyridine rings is 1. The second-order valence-electron chi connectivity index (χ2n) is 5.84. The lowest BCUT2D eigenvalue weighted by atomic mass is 10.0. The van der Waals surface area contributed by atoms with E-state index in [-0.39, 0.29) is 0 Å². The molecule has 112 valence electrons. The highest BCUT2D eigenvalue weighted by Crippen LogP contribution is 2.32. The van der Waals surface area contributed by atoms with E-state index in [1.165, 1.54) is 0 Å². The Bertz CT molecular complexity index is 783. The molecular formula is C16H17N5O. The molecule has 0 bridgehead atoms. The van der Waals surface area contributed by atoms with Crippen molar-refractivity contribution in [1.82, 2.24) is 20.0 Å². The van der Waals surface area contributed by atoms with E-state index in [0.717, 1.165) is 23.1 Å². The van der Waals surface area contributed by atoms with Crippen LogP contribution in [0.1, 0.15) is 6.42 Å². The number of hydrogen-bond acceptors (Lipinski definition) is 5. The van der Waals surface area contributed by atoms with Gasteiger partial charge in [0.15, 0.2) is 0 Å². The van der Waals surface area contributed by atoms with E-state index in [9.17, 15) is 5.11 Å². The summed E-state index contributed by atoms with van der Waals surface area (Å²) in [5.74, 6) is 0. The number of anilines is 1. The average molecular weight is 295 g/mol. The van der Waals surface area contributed by atoms with Gasteiger partial charge in [-0.1, -0.05) is 23.4 Å². The third-order valence-electron chi connectivity index (χ3n) is 4.23. The zero-order valence-corrected chi connectivity index (χ0v) is 12.1. The zero-order chi connectivity index (χ0) is 15.0. The summed E-state index contributed by atoms with van der Waals surface area (Å²) in [5, 5.41) is 19.7. The van der Waals surface area contributed by atoms with Gasteiger partial charge in [-0.15, -0.1) is 5.10 Å². The van der Waals surface area contributed by atoms with Crippen LogP contribution in [0.3, 0.4) is 0 Å². The minimum absolute atomic E-state index is 0.465. The number of β-amino-alcohol motifs (C(OH)–C–C–N with tert-alkyl or cyclic N) is 1. The van der Waals surface area contributed by atoms with E-state index in [0.29, 0.717) is 19.5 Å². The van der Waals surface area contributed by atoms with E-state index in [4.69, 9.17) is 0 Å². The Morgan fingerprint density at radius 3 is 2.95 bits per heavy atom. The number of aromatic nitrogens is 4. The van der Waals surface area contributed by atoms with Gasteiger partial charge in [0.2, 0.25) is 0 Å². The topological polar surface area (TPSA) is 67.1 Å². The van der Waals surface area contributed by atoms with Crippen molar-refractivity contribution in [2.75, 3.05) is 18.0 Å². The molecule has 1 saturated heterocycles. The number of benzene rings is 1. The molecule has 0 aliphatic carbocycles. The summed E-state index contributed by atoms with van der Waals surface area (Å²) < 4.78 is 1.69. The fourth-order valence-corrected chi connectivity index (χ4v) is 3.17. The molecule has 1 aliphatic rings. The van der Waals surface area contributed by atoms with Gasteiger partial charge in [0.05, 0.1) is 18.3 Å². The lowest BCUT2D eigenvalue weighted by molar-refractivity contribution is 0.0409. The summed E-state index contributed by atoms with van der Waals surface area (Å²) >= 11 is 0. The molecule has 0 spiro atoms. The Morgan fingerprint density at radius 1 is 1.18 bits per heavy atom. The van der Waals surface area contributed by atoms with Gasteiger partial charge >= 0.3 is 0 Å². The molecule has 0 amide bonds. The average Bonchev–Trinajstić information content (AvgIpc) is 3.17. The molecule has 3 aromatic rings. The SMILES string of the molecule is OC1(Cn2ccnn2)CCN(c2ccnc3ccccc23)C1. The van der Waals surface area contributed by atoms with Gasteiger partial charge in [-0.3, -0.25) is 4.98 Å². The number of aliphatic hydroxyl groups is 1. The second kappa shape index (κ2) is 5.06. The summed E-state index contributed by atoms with van der Waals surface area (Å²) in [6.45, 7) is 1.87. The minimum Gasteiger partial charge on any atom is -0.386 e. The van der Waals surface area contributed by atoms with Crippen LogP contribution < -0.4 is 4.90 Å². The molecule has 3 heterocycles. The number of para-hydroxylation sites is 1. The first kappa shape index (κ1) is 13.2. The van der Waals surface area contributed by atoms with Crippen LogP contribution in [0.5, 0.6) is 0 Å². The summed E-state index contributed by atoms with van der Waals surface area (Å²) in [5.41, 5.74) is 1.32. The van der Waals surface area contributed by atoms with E-state index in [1.54, 1.807) is 17.1 Å². The first-order valence-electron chi connectivity index (χ1n) is 7.39. The molecule has 2 aromatic heterocycles. The molecule has 1 unspecified atom stereocenters. The zero-order valence-electron chi connectivity index (χ0n) is 12.1. The Morgan fingerprint density at radius 2 is 2.09 bits per heavy atom. The Labute approximate surface area is 128 Å². The predicted octanol–water partition coefficient (Wildman–Crippen LogP) is 1.47. The summed E-state index contributed by atoms with van der Waals surface area (Å²) in [7, 11) is 0. The molecule has 4 rings (SSSR count). The van der Waals surface area contributed by atoms with Gasteiger partial charge in [-0.2, -0.15) is 0 Å². The Balaban J connectivity index is 1.62. The first-order valence-corrected chi connectivity index (χ1v) is 7.39. The van der Waals surface area contributed by atoms with Gasteiger partial charge < -0.3 is 10.0 Å². The largest absolute Gasteiger partial charge is 0.386 e. The van der Waals surface area contributed by atoms with Crippen molar-refractivity contribution in [3.8, 4) is 0 Å². The maximum atomic E-state index is 10.8. The van der Waals surface area contributed by atoms with Crippen LogP contribution in [-0.2, 0) is 6.54 Å². The minimum atomic E-state index is -0.780. The van der Waals surface area contributed by atoms with E-state index >= 15 is 0 Å². The number of nitrogens with zero attached hydrogens (tertiary/aromatic N) is 5. The van der Waals surface area contributed by atoms with Crippen LogP contribution in [0.15, 0.2) is 48.9 Å². The van der Waals surface area contributed by atoms with Crippen molar-refractivity contribution in [1.29, 1.82) is 0 Å². The maximum Gasteiger partial charge on any atom is 0.103 e. The second-order valence-corrected chi connectivity index (χ2v) is 5.84. The van der Waals surface area contributed by atoms with Crippen molar-refractivity contribution in [3.05, 3.63) is 48.9 Å². The Hall–Kier alpha value is -2.47. The monoisotopic (exact) mass is 295 g/mol. The van der Waals surface area contributed by atoms with Gasteiger partial charge in [0, 0.05) is 36.6 Å². The Kier molecular flexibility index (Phi) is 3.04. The van der Waals surface area contributed by atoms with Crippen LogP contribution in [0.25, 0.3) is 10.9 Å². The van der Waals surface area contributed by atoms with Crippen molar-refractivity contribution < 1.29 is 5.11 Å². The van der Waals surface area contributed by atoms with E-state index in [2.05, 4.69) is 26.3 Å². The quantitative estimate of drug-likeness (QED) is 0.792. The van der Waals surface area contributed by atoms with Crippen LogP contribution in [0, 0.1) is 0 Å². The van der Waals surface area contributed by atoms with Crippen LogP contribution in [-0.4, -0.2) is 43.8 Å². The van der Waals surface area contributed by atoms with E-state index in [1.807, 2.05) is 30.5 Å². The molecule has 1 aliphatic heterocycles. The maximum absolute atomic E-state index is 10.8. The molecular weight excluding hydrogens is 278 g/mol. The van der Waals surface area contributed by atoms with Crippen LogP contribution in [0.4, 0.5) is 5.69 Å². The summed E-state index contributed by atoms with van der Waals surface area (Å²) in [6.07, 6.45) is 5.95. The molecule has 1 N–H and O–H groups in total. The first-order chi connectivity index (χ1) is 10.7. The number of fused-ring (bicyclic) bond motifs is 1. The number of hydrogen-bond donors (Lipinski definition) is 1. The third kappa shape index (κ3) is 2.31. The highest BCUT2D eigenvalue weighted by Gasteiger charge is 2.37. The smallest absolute Gasteiger partial charge is 0.103 e. The molecule has 6 nitrogen and oxygen atoms in total. The van der Waals surface area contributed by atoms with Crippen LogP contribution in [0.2, 0.25) is 0 Å². The normalized spacial score (nSPS) is 21.6. The van der Waals surface area contributed by atoms with Gasteiger partial charge in [-0.25, -0.2) is 4.68 Å². The molecule has 1 atom stereocenters. The molecule has 1 fully saturated rings. The molecule has 0 saturated carbocycles.